The van der Waals surface area contributed by atoms with E-state index in [-0.39, 0.29) is 10.3 Å². The normalized spacial score (nSPS) is 9.50. The molecular formula is C9H7BrFN. The van der Waals surface area contributed by atoms with Crippen LogP contribution in [0.15, 0.2) is 16.6 Å². The van der Waals surface area contributed by atoms with E-state index in [1.54, 1.807) is 12.1 Å². The Balaban J connectivity index is 3.32. The molecule has 0 bridgehead atoms. The van der Waals surface area contributed by atoms with Crippen LogP contribution in [0.5, 0.6) is 0 Å². The third kappa shape index (κ3) is 1.49. The van der Waals surface area contributed by atoms with Gasteiger partial charge >= 0.3 is 0 Å². The van der Waals surface area contributed by atoms with E-state index >= 15 is 0 Å². The monoisotopic (exact) mass is 227 g/mol. The minimum absolute atomic E-state index is 0.268. The number of nitrogens with zero attached hydrogens (tertiary/aromatic N) is 1. The van der Waals surface area contributed by atoms with Gasteiger partial charge in [-0.2, -0.15) is 5.26 Å². The molecule has 0 heterocycles. The van der Waals surface area contributed by atoms with Gasteiger partial charge in [0.25, 0.3) is 0 Å². The second kappa shape index (κ2) is 3.68. The minimum atomic E-state index is -0.323. The van der Waals surface area contributed by atoms with Gasteiger partial charge in [0, 0.05) is 0 Å². The lowest BCUT2D eigenvalue weighted by Crippen LogP contribution is -1.91. The average molecular weight is 228 g/mol. The zero-order chi connectivity index (χ0) is 9.14. The van der Waals surface area contributed by atoms with E-state index in [2.05, 4.69) is 15.9 Å². The summed E-state index contributed by atoms with van der Waals surface area (Å²) < 4.78 is 13.5. The van der Waals surface area contributed by atoms with E-state index in [0.717, 1.165) is 0 Å². The van der Waals surface area contributed by atoms with Gasteiger partial charge in [0.15, 0.2) is 0 Å². The molecule has 0 aliphatic heterocycles. The third-order valence-electron chi connectivity index (χ3n) is 1.66. The number of aryl methyl sites for hydroxylation is 1. The highest BCUT2D eigenvalue weighted by atomic mass is 79.9. The van der Waals surface area contributed by atoms with E-state index in [9.17, 15) is 4.39 Å². The van der Waals surface area contributed by atoms with Crippen molar-refractivity contribution in [1.29, 1.82) is 5.26 Å². The molecule has 3 heteroatoms. The maximum atomic E-state index is 13.3. The van der Waals surface area contributed by atoms with Crippen LogP contribution in [0.1, 0.15) is 18.1 Å². The van der Waals surface area contributed by atoms with Crippen molar-refractivity contribution in [1.82, 2.24) is 0 Å². The van der Waals surface area contributed by atoms with E-state index in [0.29, 0.717) is 17.5 Å². The number of benzene rings is 1. The second-order valence-electron chi connectivity index (χ2n) is 2.37. The van der Waals surface area contributed by atoms with Gasteiger partial charge in [-0.05, 0) is 34.0 Å². The van der Waals surface area contributed by atoms with Gasteiger partial charge in [-0.3, -0.25) is 0 Å². The van der Waals surface area contributed by atoms with E-state index in [4.69, 9.17) is 5.26 Å². The Kier molecular flexibility index (Phi) is 2.83. The van der Waals surface area contributed by atoms with Gasteiger partial charge in [-0.1, -0.05) is 13.0 Å². The van der Waals surface area contributed by atoms with Crippen molar-refractivity contribution in [2.75, 3.05) is 0 Å². The van der Waals surface area contributed by atoms with Crippen LogP contribution in [0.3, 0.4) is 0 Å². The summed E-state index contributed by atoms with van der Waals surface area (Å²) >= 11 is 3.03. The molecule has 0 amide bonds. The van der Waals surface area contributed by atoms with Crippen LogP contribution in [0.4, 0.5) is 4.39 Å². The lowest BCUT2D eigenvalue weighted by Gasteiger charge is -2.02. The number of nitriles is 1. The largest absolute Gasteiger partial charge is 0.205 e. The van der Waals surface area contributed by atoms with Crippen LogP contribution >= 0.6 is 15.9 Å². The first-order valence-electron chi connectivity index (χ1n) is 3.57. The Labute approximate surface area is 79.0 Å². The standard InChI is InChI=1S/C9H7BrFN/c1-2-6-3-4-7(5-12)8(10)9(6)11/h3-4H,2H2,1H3. The van der Waals surface area contributed by atoms with Crippen molar-refractivity contribution in [3.8, 4) is 6.07 Å². The van der Waals surface area contributed by atoms with Crippen molar-refractivity contribution in [3.05, 3.63) is 33.5 Å². The smallest absolute Gasteiger partial charge is 0.141 e. The summed E-state index contributed by atoms with van der Waals surface area (Å²) in [4.78, 5) is 0. The predicted octanol–water partition coefficient (Wildman–Crippen LogP) is 3.02. The molecule has 0 saturated carbocycles. The number of rotatable bonds is 1. The van der Waals surface area contributed by atoms with E-state index in [1.807, 2.05) is 13.0 Å². The summed E-state index contributed by atoms with van der Waals surface area (Å²) in [6.45, 7) is 1.87. The molecule has 0 unspecified atom stereocenters. The van der Waals surface area contributed by atoms with Gasteiger partial charge in [0.1, 0.15) is 11.9 Å². The fourth-order valence-corrected chi connectivity index (χ4v) is 1.42. The quantitative estimate of drug-likeness (QED) is 0.724. The van der Waals surface area contributed by atoms with Crippen molar-refractivity contribution < 1.29 is 4.39 Å². The van der Waals surface area contributed by atoms with E-state index < -0.39 is 0 Å². The second-order valence-corrected chi connectivity index (χ2v) is 3.16. The number of hydrogen-bond donors (Lipinski definition) is 0. The number of halogens is 2. The summed E-state index contributed by atoms with van der Waals surface area (Å²) in [5, 5.41) is 8.56. The van der Waals surface area contributed by atoms with Gasteiger partial charge < -0.3 is 0 Å². The van der Waals surface area contributed by atoms with Crippen LogP contribution in [-0.2, 0) is 6.42 Å². The molecule has 0 spiro atoms. The maximum absolute atomic E-state index is 13.3. The SMILES string of the molecule is CCc1ccc(C#N)c(Br)c1F. The van der Waals surface area contributed by atoms with E-state index in [1.165, 1.54) is 0 Å². The molecule has 1 nitrogen and oxygen atoms in total. The topological polar surface area (TPSA) is 23.8 Å². The Hall–Kier alpha value is -0.880. The molecule has 12 heavy (non-hydrogen) atoms. The predicted molar refractivity (Wildman–Crippen MR) is 48.2 cm³/mol. The highest BCUT2D eigenvalue weighted by Crippen LogP contribution is 2.23. The summed E-state index contributed by atoms with van der Waals surface area (Å²) in [6, 6.07) is 5.16. The summed E-state index contributed by atoms with van der Waals surface area (Å²) in [5.74, 6) is -0.323. The van der Waals surface area contributed by atoms with Crippen LogP contribution in [-0.4, -0.2) is 0 Å². The van der Waals surface area contributed by atoms with Crippen molar-refractivity contribution in [2.45, 2.75) is 13.3 Å². The van der Waals surface area contributed by atoms with Gasteiger partial charge in [-0.15, -0.1) is 0 Å². The first-order valence-corrected chi connectivity index (χ1v) is 4.37. The lowest BCUT2D eigenvalue weighted by molar-refractivity contribution is 0.605. The fraction of sp³-hybridized carbons (Fsp3) is 0.222. The molecule has 0 atom stereocenters. The van der Waals surface area contributed by atoms with Crippen LogP contribution in [0.2, 0.25) is 0 Å². The molecule has 0 radical (unpaired) electrons. The highest BCUT2D eigenvalue weighted by molar-refractivity contribution is 9.10. The maximum Gasteiger partial charge on any atom is 0.141 e. The molecule has 1 aromatic rings. The molecule has 0 aromatic heterocycles. The molecule has 0 aliphatic rings. The van der Waals surface area contributed by atoms with Gasteiger partial charge in [-0.25, -0.2) is 4.39 Å². The van der Waals surface area contributed by atoms with Crippen LogP contribution in [0.25, 0.3) is 0 Å². The van der Waals surface area contributed by atoms with Crippen LogP contribution < -0.4 is 0 Å². The van der Waals surface area contributed by atoms with Crippen molar-refractivity contribution in [2.24, 2.45) is 0 Å². The molecule has 0 saturated heterocycles. The molecule has 1 aromatic carbocycles. The first kappa shape index (κ1) is 9.21. The zero-order valence-corrected chi connectivity index (χ0v) is 8.15. The molecule has 0 N–H and O–H groups in total. The first-order chi connectivity index (χ1) is 5.70. The molecule has 1 rings (SSSR count). The summed E-state index contributed by atoms with van der Waals surface area (Å²) in [7, 11) is 0. The number of hydrogen-bond acceptors (Lipinski definition) is 1. The molecule has 0 fully saturated rings. The summed E-state index contributed by atoms with van der Waals surface area (Å²) in [5.41, 5.74) is 0.963. The lowest BCUT2D eigenvalue weighted by atomic mass is 10.1. The van der Waals surface area contributed by atoms with Crippen molar-refractivity contribution >= 4 is 15.9 Å². The van der Waals surface area contributed by atoms with Crippen LogP contribution in [0, 0.1) is 17.1 Å². The minimum Gasteiger partial charge on any atom is -0.205 e. The molecular weight excluding hydrogens is 221 g/mol. The zero-order valence-electron chi connectivity index (χ0n) is 6.56. The highest BCUT2D eigenvalue weighted by Gasteiger charge is 2.08. The Morgan fingerprint density at radius 2 is 2.25 bits per heavy atom. The Bertz CT molecular complexity index is 341. The van der Waals surface area contributed by atoms with Gasteiger partial charge in [0.05, 0.1) is 10.0 Å². The van der Waals surface area contributed by atoms with Gasteiger partial charge in [0.2, 0.25) is 0 Å². The Morgan fingerprint density at radius 3 is 2.75 bits per heavy atom. The Morgan fingerprint density at radius 1 is 1.58 bits per heavy atom. The average Bonchev–Trinajstić information content (AvgIpc) is 2.10. The molecule has 62 valence electrons. The van der Waals surface area contributed by atoms with Crippen molar-refractivity contribution in [3.63, 3.8) is 0 Å². The summed E-state index contributed by atoms with van der Waals surface area (Å²) in [6.07, 6.45) is 0.635. The third-order valence-corrected chi connectivity index (χ3v) is 2.44. The fourth-order valence-electron chi connectivity index (χ4n) is 0.949. The molecule has 0 aliphatic carbocycles.